The Bertz CT molecular complexity index is 530. The fourth-order valence-corrected chi connectivity index (χ4v) is 2.71. The van der Waals surface area contributed by atoms with Gasteiger partial charge in [-0.05, 0) is 18.1 Å². The van der Waals surface area contributed by atoms with Crippen LogP contribution in [-0.2, 0) is 17.8 Å². The number of nitrogens with one attached hydrogen (secondary N) is 2. The molecule has 5 heteroatoms. The number of guanidine groups is 1. The van der Waals surface area contributed by atoms with Crippen LogP contribution < -0.4 is 10.6 Å². The van der Waals surface area contributed by atoms with Crippen molar-refractivity contribution in [1.29, 1.82) is 0 Å². The number of hydrogen-bond donors (Lipinski definition) is 2. The summed E-state index contributed by atoms with van der Waals surface area (Å²) in [6.07, 6.45) is 2.14. The molecule has 0 saturated carbocycles. The fourth-order valence-electron chi connectivity index (χ4n) is 2.71. The molecule has 1 atom stereocenters. The Morgan fingerprint density at radius 3 is 3.00 bits per heavy atom. The molecule has 0 amide bonds. The van der Waals surface area contributed by atoms with E-state index >= 15 is 0 Å². The normalized spacial score (nSPS) is 19.4. The number of rotatable bonds is 6. The first-order chi connectivity index (χ1) is 11.2. The SMILES string of the molecule is C=CCNC(=NC)NCc1cccc(CN2CCOC(C)C2)c1. The quantitative estimate of drug-likeness (QED) is 0.477. The number of ether oxygens (including phenoxy) is 1. The van der Waals surface area contributed by atoms with E-state index in [9.17, 15) is 0 Å². The molecule has 0 bridgehead atoms. The minimum Gasteiger partial charge on any atom is -0.376 e. The Labute approximate surface area is 139 Å². The zero-order chi connectivity index (χ0) is 16.5. The van der Waals surface area contributed by atoms with E-state index in [2.05, 4.69) is 58.3 Å². The van der Waals surface area contributed by atoms with Gasteiger partial charge < -0.3 is 15.4 Å². The molecule has 2 rings (SSSR count). The van der Waals surface area contributed by atoms with Gasteiger partial charge >= 0.3 is 0 Å². The van der Waals surface area contributed by atoms with Crippen LogP contribution in [0, 0.1) is 0 Å². The second-order valence-corrected chi connectivity index (χ2v) is 5.83. The predicted octanol–water partition coefficient (Wildman–Crippen LogP) is 1.76. The third kappa shape index (κ3) is 6.04. The molecule has 0 aliphatic carbocycles. The molecule has 1 fully saturated rings. The van der Waals surface area contributed by atoms with Crippen LogP contribution in [0.5, 0.6) is 0 Å². The molecule has 1 unspecified atom stereocenters. The summed E-state index contributed by atoms with van der Waals surface area (Å²) in [7, 11) is 1.77. The predicted molar refractivity (Wildman–Crippen MR) is 95.5 cm³/mol. The van der Waals surface area contributed by atoms with Gasteiger partial charge in [-0.2, -0.15) is 0 Å². The van der Waals surface area contributed by atoms with Gasteiger partial charge in [-0.25, -0.2) is 0 Å². The Hall–Kier alpha value is -1.85. The molecule has 1 aromatic rings. The van der Waals surface area contributed by atoms with Crippen LogP contribution in [0.2, 0.25) is 0 Å². The third-order valence-electron chi connectivity index (χ3n) is 3.82. The Morgan fingerprint density at radius 2 is 2.26 bits per heavy atom. The Morgan fingerprint density at radius 1 is 1.43 bits per heavy atom. The number of hydrogen-bond acceptors (Lipinski definition) is 3. The molecule has 0 aromatic heterocycles. The maximum atomic E-state index is 5.60. The molecule has 0 spiro atoms. The van der Waals surface area contributed by atoms with Crippen LogP contribution >= 0.6 is 0 Å². The molecule has 1 saturated heterocycles. The van der Waals surface area contributed by atoms with Crippen molar-refractivity contribution in [3.63, 3.8) is 0 Å². The maximum absolute atomic E-state index is 5.60. The lowest BCUT2D eigenvalue weighted by Gasteiger charge is -2.31. The zero-order valence-electron chi connectivity index (χ0n) is 14.2. The van der Waals surface area contributed by atoms with Gasteiger partial charge in [-0.3, -0.25) is 9.89 Å². The highest BCUT2D eigenvalue weighted by Crippen LogP contribution is 2.12. The summed E-state index contributed by atoms with van der Waals surface area (Å²) in [6.45, 7) is 11.1. The van der Waals surface area contributed by atoms with Crippen molar-refractivity contribution in [3.05, 3.63) is 48.0 Å². The number of morpholine rings is 1. The smallest absolute Gasteiger partial charge is 0.191 e. The molecular formula is C18H28N4O. The molecule has 0 radical (unpaired) electrons. The molecule has 23 heavy (non-hydrogen) atoms. The van der Waals surface area contributed by atoms with Crippen LogP contribution in [-0.4, -0.2) is 50.3 Å². The Kier molecular flexibility index (Phi) is 7.10. The minimum absolute atomic E-state index is 0.327. The van der Waals surface area contributed by atoms with Crippen molar-refractivity contribution in [3.8, 4) is 0 Å². The minimum atomic E-state index is 0.327. The summed E-state index contributed by atoms with van der Waals surface area (Å²) < 4.78 is 5.60. The van der Waals surface area contributed by atoms with E-state index in [1.165, 1.54) is 11.1 Å². The van der Waals surface area contributed by atoms with Gasteiger partial charge in [0, 0.05) is 39.8 Å². The molecule has 126 valence electrons. The van der Waals surface area contributed by atoms with Gasteiger partial charge in [0.25, 0.3) is 0 Å². The summed E-state index contributed by atoms with van der Waals surface area (Å²) in [4.78, 5) is 6.64. The molecule has 1 heterocycles. The van der Waals surface area contributed by atoms with E-state index in [1.807, 2.05) is 6.08 Å². The Balaban J connectivity index is 1.87. The van der Waals surface area contributed by atoms with Crippen LogP contribution in [0.1, 0.15) is 18.1 Å². The lowest BCUT2D eigenvalue weighted by Crippen LogP contribution is -2.40. The van der Waals surface area contributed by atoms with E-state index < -0.39 is 0 Å². The van der Waals surface area contributed by atoms with Crippen LogP contribution in [0.25, 0.3) is 0 Å². The summed E-state index contributed by atoms with van der Waals surface area (Å²) in [5.74, 6) is 0.789. The molecule has 1 aromatic carbocycles. The first-order valence-corrected chi connectivity index (χ1v) is 8.18. The molecule has 1 aliphatic heterocycles. The topological polar surface area (TPSA) is 48.9 Å². The molecule has 5 nitrogen and oxygen atoms in total. The van der Waals surface area contributed by atoms with Crippen molar-refractivity contribution >= 4 is 5.96 Å². The van der Waals surface area contributed by atoms with Gasteiger partial charge in [-0.1, -0.05) is 30.3 Å². The fraction of sp³-hybridized carbons (Fsp3) is 0.500. The van der Waals surface area contributed by atoms with Crippen molar-refractivity contribution in [2.24, 2.45) is 4.99 Å². The third-order valence-corrected chi connectivity index (χ3v) is 3.82. The highest BCUT2D eigenvalue weighted by atomic mass is 16.5. The van der Waals surface area contributed by atoms with Crippen molar-refractivity contribution < 1.29 is 4.74 Å². The number of aliphatic imine (C=N–C) groups is 1. The summed E-state index contributed by atoms with van der Waals surface area (Å²) in [5.41, 5.74) is 2.60. The van der Waals surface area contributed by atoms with E-state index in [1.54, 1.807) is 7.05 Å². The second kappa shape index (κ2) is 9.33. The summed E-state index contributed by atoms with van der Waals surface area (Å²) in [6, 6.07) is 8.71. The monoisotopic (exact) mass is 316 g/mol. The largest absolute Gasteiger partial charge is 0.376 e. The summed E-state index contributed by atoms with van der Waals surface area (Å²) >= 11 is 0. The van der Waals surface area contributed by atoms with E-state index in [-0.39, 0.29) is 0 Å². The molecular weight excluding hydrogens is 288 g/mol. The first kappa shape index (κ1) is 17.5. The van der Waals surface area contributed by atoms with Crippen molar-refractivity contribution in [1.82, 2.24) is 15.5 Å². The zero-order valence-corrected chi connectivity index (χ0v) is 14.2. The van der Waals surface area contributed by atoms with Gasteiger partial charge in [0.2, 0.25) is 0 Å². The van der Waals surface area contributed by atoms with Crippen LogP contribution in [0.4, 0.5) is 0 Å². The van der Waals surface area contributed by atoms with E-state index in [0.717, 1.165) is 38.7 Å². The van der Waals surface area contributed by atoms with Gasteiger partial charge in [0.15, 0.2) is 5.96 Å². The van der Waals surface area contributed by atoms with Gasteiger partial charge in [0.05, 0.1) is 12.7 Å². The summed E-state index contributed by atoms with van der Waals surface area (Å²) in [5, 5.41) is 6.49. The average molecular weight is 316 g/mol. The van der Waals surface area contributed by atoms with Crippen LogP contribution in [0.15, 0.2) is 41.9 Å². The number of benzene rings is 1. The first-order valence-electron chi connectivity index (χ1n) is 8.18. The van der Waals surface area contributed by atoms with Gasteiger partial charge in [0.1, 0.15) is 0 Å². The molecule has 1 aliphatic rings. The van der Waals surface area contributed by atoms with E-state index in [0.29, 0.717) is 12.6 Å². The highest BCUT2D eigenvalue weighted by molar-refractivity contribution is 5.79. The maximum Gasteiger partial charge on any atom is 0.191 e. The van der Waals surface area contributed by atoms with Gasteiger partial charge in [-0.15, -0.1) is 6.58 Å². The van der Waals surface area contributed by atoms with Crippen molar-refractivity contribution in [2.75, 3.05) is 33.3 Å². The average Bonchev–Trinajstić information content (AvgIpc) is 2.55. The molecule has 2 N–H and O–H groups in total. The second-order valence-electron chi connectivity index (χ2n) is 5.83. The lowest BCUT2D eigenvalue weighted by atomic mass is 10.1. The lowest BCUT2D eigenvalue weighted by molar-refractivity contribution is -0.0212. The number of nitrogens with zero attached hydrogens (tertiary/aromatic N) is 2. The highest BCUT2D eigenvalue weighted by Gasteiger charge is 2.16. The van der Waals surface area contributed by atoms with Crippen molar-refractivity contribution in [2.45, 2.75) is 26.1 Å². The van der Waals surface area contributed by atoms with Crippen LogP contribution in [0.3, 0.4) is 0 Å². The standard InChI is InChI=1S/C18H28N4O/c1-4-8-20-18(19-3)21-12-16-6-5-7-17(11-16)14-22-9-10-23-15(2)13-22/h4-7,11,15H,1,8-10,12-14H2,2-3H3,(H2,19,20,21). The van der Waals surface area contributed by atoms with E-state index in [4.69, 9.17) is 4.74 Å².